The quantitative estimate of drug-likeness (QED) is 0.533. The number of nitrogens with zero attached hydrogens (tertiary/aromatic N) is 2. The smallest absolute Gasteiger partial charge is 0.270 e. The summed E-state index contributed by atoms with van der Waals surface area (Å²) in [7, 11) is 1.65. The monoisotopic (exact) mass is 354 g/mol. The predicted octanol–water partition coefficient (Wildman–Crippen LogP) is 4.01. The number of anilines is 2. The summed E-state index contributed by atoms with van der Waals surface area (Å²) in [6.07, 6.45) is 0. The first-order chi connectivity index (χ1) is 12.1. The Bertz CT molecular complexity index is 925. The minimum atomic E-state index is -0.535. The summed E-state index contributed by atoms with van der Waals surface area (Å²) in [4.78, 5) is 27.3. The summed E-state index contributed by atoms with van der Waals surface area (Å²) in [5.74, 6) is -0.456. The first-order valence-electron chi connectivity index (χ1n) is 7.37. The Morgan fingerprint density at radius 2 is 1.96 bits per heavy atom. The summed E-state index contributed by atoms with van der Waals surface area (Å²) >= 11 is 1.29. The third-order valence-corrected chi connectivity index (χ3v) is 4.28. The minimum Gasteiger partial charge on any atom is -0.387 e. The number of rotatable bonds is 5. The average molecular weight is 354 g/mol. The Labute approximate surface area is 147 Å². The van der Waals surface area contributed by atoms with Crippen LogP contribution >= 0.6 is 11.3 Å². The highest BCUT2D eigenvalue weighted by Gasteiger charge is 2.17. The number of carbonyl (C=O) groups is 1. The maximum absolute atomic E-state index is 12.5. The maximum atomic E-state index is 12.5. The Morgan fingerprint density at radius 3 is 2.64 bits per heavy atom. The van der Waals surface area contributed by atoms with Gasteiger partial charge in [0.2, 0.25) is 0 Å². The van der Waals surface area contributed by atoms with E-state index in [1.54, 1.807) is 7.05 Å². The van der Waals surface area contributed by atoms with Crippen LogP contribution in [0.1, 0.15) is 10.4 Å². The van der Waals surface area contributed by atoms with Crippen LogP contribution in [0.4, 0.5) is 16.5 Å². The van der Waals surface area contributed by atoms with Crippen LogP contribution in [0.25, 0.3) is 11.3 Å². The second kappa shape index (κ2) is 7.10. The van der Waals surface area contributed by atoms with Gasteiger partial charge in [-0.15, -0.1) is 11.3 Å². The van der Waals surface area contributed by atoms with Crippen molar-refractivity contribution in [3.8, 4) is 11.3 Å². The lowest BCUT2D eigenvalue weighted by Gasteiger charge is -2.08. The van der Waals surface area contributed by atoms with Crippen molar-refractivity contribution in [2.24, 2.45) is 0 Å². The van der Waals surface area contributed by atoms with Gasteiger partial charge in [0.15, 0.2) is 5.13 Å². The predicted molar refractivity (Wildman–Crippen MR) is 98.1 cm³/mol. The molecule has 0 atom stereocenters. The van der Waals surface area contributed by atoms with Crippen molar-refractivity contribution in [2.75, 3.05) is 17.7 Å². The zero-order valence-corrected chi connectivity index (χ0v) is 14.0. The molecule has 2 N–H and O–H groups in total. The van der Waals surface area contributed by atoms with Crippen molar-refractivity contribution >= 4 is 33.8 Å². The molecule has 25 heavy (non-hydrogen) atoms. The number of thiazole rings is 1. The van der Waals surface area contributed by atoms with Gasteiger partial charge in [-0.2, -0.15) is 0 Å². The highest BCUT2D eigenvalue weighted by Crippen LogP contribution is 2.27. The van der Waals surface area contributed by atoms with Gasteiger partial charge in [-0.1, -0.05) is 30.3 Å². The van der Waals surface area contributed by atoms with Crippen molar-refractivity contribution in [1.29, 1.82) is 0 Å². The largest absolute Gasteiger partial charge is 0.387 e. The number of amides is 1. The molecule has 8 heteroatoms. The fraction of sp³-hybridized carbons (Fsp3) is 0.0588. The summed E-state index contributed by atoms with van der Waals surface area (Å²) in [6.45, 7) is 0. The lowest BCUT2D eigenvalue weighted by atomic mass is 10.1. The van der Waals surface area contributed by atoms with Gasteiger partial charge in [0.25, 0.3) is 11.6 Å². The maximum Gasteiger partial charge on any atom is 0.270 e. The molecule has 2 aromatic carbocycles. The van der Waals surface area contributed by atoms with Crippen molar-refractivity contribution in [3.63, 3.8) is 0 Å². The van der Waals surface area contributed by atoms with Gasteiger partial charge in [0.05, 0.1) is 16.2 Å². The molecule has 0 fully saturated rings. The SMILES string of the molecule is CNc1ccc([N+](=O)[O-])cc1C(=O)Nc1nc(-c2ccccc2)cs1. The van der Waals surface area contributed by atoms with E-state index in [0.717, 1.165) is 11.3 Å². The first-order valence-corrected chi connectivity index (χ1v) is 8.25. The van der Waals surface area contributed by atoms with Gasteiger partial charge in [-0.25, -0.2) is 4.98 Å². The van der Waals surface area contributed by atoms with Crippen LogP contribution in [-0.4, -0.2) is 22.9 Å². The molecule has 3 rings (SSSR count). The van der Waals surface area contributed by atoms with Crippen LogP contribution < -0.4 is 10.6 Å². The Balaban J connectivity index is 1.84. The average Bonchev–Trinajstić information content (AvgIpc) is 3.10. The summed E-state index contributed by atoms with van der Waals surface area (Å²) in [6, 6.07) is 13.7. The Morgan fingerprint density at radius 1 is 1.20 bits per heavy atom. The topological polar surface area (TPSA) is 97.2 Å². The number of nitro groups is 1. The first kappa shape index (κ1) is 16.6. The molecule has 0 aliphatic rings. The molecule has 1 aromatic heterocycles. The standard InChI is InChI=1S/C17H14N4O3S/c1-18-14-8-7-12(21(23)24)9-13(14)16(22)20-17-19-15(10-25-17)11-5-3-2-4-6-11/h2-10,18H,1H3,(H,19,20,22). The Kier molecular flexibility index (Phi) is 4.71. The summed E-state index contributed by atoms with van der Waals surface area (Å²) in [5.41, 5.74) is 2.25. The van der Waals surface area contributed by atoms with E-state index in [-0.39, 0.29) is 11.3 Å². The molecule has 7 nitrogen and oxygen atoms in total. The number of nitro benzene ring substituents is 1. The van der Waals surface area contributed by atoms with Gasteiger partial charge in [0.1, 0.15) is 0 Å². The van der Waals surface area contributed by atoms with Gasteiger partial charge >= 0.3 is 0 Å². The van der Waals surface area contributed by atoms with Crippen LogP contribution in [0, 0.1) is 10.1 Å². The molecule has 0 saturated heterocycles. The molecule has 0 saturated carbocycles. The number of non-ortho nitro benzene ring substituents is 1. The summed E-state index contributed by atoms with van der Waals surface area (Å²) < 4.78 is 0. The highest BCUT2D eigenvalue weighted by molar-refractivity contribution is 7.14. The number of carbonyl (C=O) groups excluding carboxylic acids is 1. The fourth-order valence-electron chi connectivity index (χ4n) is 2.29. The molecule has 1 amide bonds. The molecule has 3 aromatic rings. The molecule has 0 aliphatic heterocycles. The number of hydrogen-bond donors (Lipinski definition) is 2. The van der Waals surface area contributed by atoms with Crippen molar-refractivity contribution in [1.82, 2.24) is 4.98 Å². The second-order valence-corrected chi connectivity index (χ2v) is 5.95. The molecule has 1 heterocycles. The molecule has 0 aliphatic carbocycles. The van der Waals surface area contributed by atoms with E-state index in [1.807, 2.05) is 35.7 Å². The second-order valence-electron chi connectivity index (χ2n) is 5.10. The van der Waals surface area contributed by atoms with Crippen LogP contribution in [-0.2, 0) is 0 Å². The molecule has 0 radical (unpaired) electrons. The third-order valence-electron chi connectivity index (χ3n) is 3.52. The van der Waals surface area contributed by atoms with E-state index < -0.39 is 10.8 Å². The van der Waals surface area contributed by atoms with E-state index in [0.29, 0.717) is 10.8 Å². The zero-order chi connectivity index (χ0) is 17.8. The van der Waals surface area contributed by atoms with Crippen molar-refractivity contribution in [2.45, 2.75) is 0 Å². The lowest BCUT2D eigenvalue weighted by molar-refractivity contribution is -0.384. The normalized spacial score (nSPS) is 10.3. The van der Waals surface area contributed by atoms with E-state index in [9.17, 15) is 14.9 Å². The number of hydrogen-bond acceptors (Lipinski definition) is 6. The van der Waals surface area contributed by atoms with Crippen LogP contribution in [0.15, 0.2) is 53.9 Å². The van der Waals surface area contributed by atoms with Crippen molar-refractivity contribution < 1.29 is 9.72 Å². The van der Waals surface area contributed by atoms with Gasteiger partial charge in [-0.05, 0) is 6.07 Å². The fourth-order valence-corrected chi connectivity index (χ4v) is 3.00. The van der Waals surface area contributed by atoms with Gasteiger partial charge < -0.3 is 5.32 Å². The number of aromatic nitrogens is 1. The third kappa shape index (κ3) is 3.64. The minimum absolute atomic E-state index is 0.145. The van der Waals surface area contributed by atoms with Crippen LogP contribution in [0.5, 0.6) is 0 Å². The van der Waals surface area contributed by atoms with E-state index in [4.69, 9.17) is 0 Å². The lowest BCUT2D eigenvalue weighted by Crippen LogP contribution is -2.14. The molecule has 0 bridgehead atoms. The van der Waals surface area contributed by atoms with Crippen molar-refractivity contribution in [3.05, 3.63) is 69.6 Å². The molecule has 0 spiro atoms. The van der Waals surface area contributed by atoms with Gasteiger partial charge in [0, 0.05) is 35.8 Å². The summed E-state index contributed by atoms with van der Waals surface area (Å²) in [5, 5.41) is 18.8. The van der Waals surface area contributed by atoms with Crippen LogP contribution in [0.3, 0.4) is 0 Å². The molecular formula is C17H14N4O3S. The molecular weight excluding hydrogens is 340 g/mol. The van der Waals surface area contributed by atoms with E-state index >= 15 is 0 Å². The molecule has 126 valence electrons. The number of nitrogens with one attached hydrogen (secondary N) is 2. The zero-order valence-electron chi connectivity index (χ0n) is 13.2. The van der Waals surface area contributed by atoms with Gasteiger partial charge in [-0.3, -0.25) is 20.2 Å². The highest BCUT2D eigenvalue weighted by atomic mass is 32.1. The molecule has 0 unspecified atom stereocenters. The van der Waals surface area contributed by atoms with E-state index in [1.165, 1.54) is 29.5 Å². The van der Waals surface area contributed by atoms with E-state index in [2.05, 4.69) is 15.6 Å². The Hall–Kier alpha value is -3.26. The van der Waals surface area contributed by atoms with Crippen LogP contribution in [0.2, 0.25) is 0 Å². The number of benzene rings is 2.